The molecule has 9 N–H and O–H groups in total. The molecule has 2 saturated carbocycles. The van der Waals surface area contributed by atoms with E-state index in [-0.39, 0.29) is 55.8 Å². The van der Waals surface area contributed by atoms with Gasteiger partial charge in [-0.25, -0.2) is 0 Å². The average molecular weight is 1000 g/mol. The Morgan fingerprint density at radius 1 is 0.887 bits per heavy atom. The topological polar surface area (TPSA) is 319 Å². The fraction of sp³-hybridized carbons (Fsp3) is 0.771. The molecule has 2 aliphatic carbocycles. The minimum absolute atomic E-state index is 0.00570. The van der Waals surface area contributed by atoms with Crippen LogP contribution in [-0.4, -0.2) is 198 Å². The normalized spacial score (nSPS) is 32.9. The molecule has 15 atom stereocenters. The largest absolute Gasteiger partial charge is 0.396 e. The summed E-state index contributed by atoms with van der Waals surface area (Å²) in [5.74, 6) is -2.48. The van der Waals surface area contributed by atoms with Gasteiger partial charge in [-0.05, 0) is 56.9 Å². The number of rotatable bonds is 21. The minimum atomic E-state index is -1.67. The second-order valence-corrected chi connectivity index (χ2v) is 19.7. The Morgan fingerprint density at radius 2 is 1.65 bits per heavy atom. The van der Waals surface area contributed by atoms with E-state index < -0.39 is 110 Å². The van der Waals surface area contributed by atoms with Gasteiger partial charge < -0.3 is 75.2 Å². The van der Waals surface area contributed by atoms with Gasteiger partial charge in [-0.15, -0.1) is 5.10 Å². The van der Waals surface area contributed by atoms with Crippen molar-refractivity contribution in [1.29, 1.82) is 0 Å². The monoisotopic (exact) mass is 1000 g/mol. The summed E-state index contributed by atoms with van der Waals surface area (Å²) in [7, 11) is 0. The molecular formula is C48H74N8O15. The number of carbonyl (C=O) groups excluding carboxylic acids is 4. The van der Waals surface area contributed by atoms with E-state index in [9.17, 15) is 44.7 Å². The molecule has 8 unspecified atom stereocenters. The van der Waals surface area contributed by atoms with Crippen LogP contribution in [-0.2, 0) is 44.6 Å². The van der Waals surface area contributed by atoms with Crippen LogP contribution >= 0.6 is 0 Å². The molecule has 2 aromatic rings. The van der Waals surface area contributed by atoms with Gasteiger partial charge >= 0.3 is 0 Å². The molecule has 3 saturated heterocycles. The van der Waals surface area contributed by atoms with Crippen LogP contribution in [0.5, 0.6) is 0 Å². The third-order valence-electron chi connectivity index (χ3n) is 14.6. The van der Waals surface area contributed by atoms with Crippen LogP contribution in [0.3, 0.4) is 0 Å². The van der Waals surface area contributed by atoms with Crippen LogP contribution in [0.4, 0.5) is 0 Å². The summed E-state index contributed by atoms with van der Waals surface area (Å²) in [5, 5.41) is 80.5. The van der Waals surface area contributed by atoms with Gasteiger partial charge in [0.05, 0.1) is 36.7 Å². The predicted molar refractivity (Wildman–Crippen MR) is 249 cm³/mol. The molecule has 23 nitrogen and oxygen atoms in total. The van der Waals surface area contributed by atoms with Crippen LogP contribution in [0.1, 0.15) is 102 Å². The van der Waals surface area contributed by atoms with Crippen LogP contribution in [0.2, 0.25) is 0 Å². The summed E-state index contributed by atoms with van der Waals surface area (Å²) >= 11 is 0. The molecule has 5 fully saturated rings. The number of likely N-dealkylation sites (tertiary alicyclic amines) is 1. The Morgan fingerprint density at radius 3 is 2.34 bits per heavy atom. The van der Waals surface area contributed by atoms with Crippen molar-refractivity contribution in [3.05, 3.63) is 30.2 Å². The van der Waals surface area contributed by atoms with Crippen molar-refractivity contribution in [1.82, 2.24) is 40.8 Å². The fourth-order valence-corrected chi connectivity index (χ4v) is 10.4. The zero-order valence-electron chi connectivity index (χ0n) is 40.9. The van der Waals surface area contributed by atoms with Crippen LogP contribution in [0.15, 0.2) is 24.7 Å². The molecule has 23 heteroatoms. The number of aryl methyl sites for hydroxylation is 1. The summed E-state index contributed by atoms with van der Waals surface area (Å²) in [4.78, 5) is 60.2. The van der Waals surface area contributed by atoms with Gasteiger partial charge in [0.25, 0.3) is 11.8 Å². The van der Waals surface area contributed by atoms with E-state index in [2.05, 4.69) is 31.2 Å². The molecule has 0 aromatic carbocycles. The Bertz CT molecular complexity index is 2060. The average Bonchev–Trinajstić information content (AvgIpc) is 3.83. The van der Waals surface area contributed by atoms with Crippen LogP contribution in [0.25, 0.3) is 11.3 Å². The van der Waals surface area contributed by atoms with Gasteiger partial charge in [-0.3, -0.25) is 28.8 Å². The fourth-order valence-electron chi connectivity index (χ4n) is 10.4. The van der Waals surface area contributed by atoms with E-state index in [1.54, 1.807) is 28.0 Å². The molecule has 3 aliphatic heterocycles. The van der Waals surface area contributed by atoms with E-state index in [0.717, 1.165) is 38.5 Å². The lowest BCUT2D eigenvalue weighted by atomic mass is 9.75. The first-order valence-electron chi connectivity index (χ1n) is 25.4. The van der Waals surface area contributed by atoms with E-state index >= 15 is 0 Å². The van der Waals surface area contributed by atoms with E-state index in [1.165, 1.54) is 20.0 Å². The lowest BCUT2D eigenvalue weighted by molar-refractivity contribution is -0.338. The standard InChI is InChI=1S/C48H74N8O15/c1-4-29-19-30(44(64)50-12-13-51-45(65)32-20-31(22-49-23-32)33-24-56(54-53-33)16-9-17-57)21-34(42(29)71-48-41(63)40(62)38(60)26(2)67-48)69-47-37(52-27(3)59)43(39(61)36(25-58)70-47)68-35(46(66)55-14-8-15-55)18-28-10-6-5-7-11-28/h20,22-24,26,28-30,34-43,47-48,57-58,60-63H,4-19,21,25H2,1-3H3,(H,50,64)(H,51,65)(H,52,59)/t26?,29-,30?,34-,35+,36?,37?,38-,39+,40?,41?,42?,43?,47-,48+/m1/s1. The number of aliphatic hydroxyl groups excluding tert-OH is 6. The summed E-state index contributed by atoms with van der Waals surface area (Å²) < 4.78 is 33.6. The zero-order valence-corrected chi connectivity index (χ0v) is 40.9. The highest BCUT2D eigenvalue weighted by molar-refractivity contribution is 5.95. The molecule has 0 radical (unpaired) electrons. The van der Waals surface area contributed by atoms with Gasteiger partial charge in [0.2, 0.25) is 11.8 Å². The highest BCUT2D eigenvalue weighted by atomic mass is 16.7. The third-order valence-corrected chi connectivity index (χ3v) is 14.6. The third kappa shape index (κ3) is 13.7. The van der Waals surface area contributed by atoms with E-state index in [0.29, 0.717) is 50.2 Å². The molecule has 0 bridgehead atoms. The first-order valence-corrected chi connectivity index (χ1v) is 25.4. The molecule has 4 amide bonds. The van der Waals surface area contributed by atoms with Gasteiger partial charge in [0.15, 0.2) is 12.6 Å². The predicted octanol–water partition coefficient (Wildman–Crippen LogP) is -0.858. The first kappa shape index (κ1) is 54.5. The van der Waals surface area contributed by atoms with Crippen molar-refractivity contribution in [3.63, 3.8) is 0 Å². The Kier molecular flexibility index (Phi) is 19.6. The number of amides is 4. The van der Waals surface area contributed by atoms with Crippen LogP contribution < -0.4 is 16.0 Å². The smallest absolute Gasteiger partial charge is 0.252 e. The molecule has 396 valence electrons. The number of nitrogens with zero attached hydrogens (tertiary/aromatic N) is 5. The summed E-state index contributed by atoms with van der Waals surface area (Å²) in [6.07, 6.45) is -3.39. The number of hydrogen-bond acceptors (Lipinski definition) is 18. The quantitative estimate of drug-likeness (QED) is 0.0688. The van der Waals surface area contributed by atoms with E-state index in [4.69, 9.17) is 28.8 Å². The highest BCUT2D eigenvalue weighted by Crippen LogP contribution is 2.40. The lowest BCUT2D eigenvalue weighted by Gasteiger charge is -2.49. The van der Waals surface area contributed by atoms with Gasteiger partial charge in [0, 0.05) is 70.1 Å². The highest BCUT2D eigenvalue weighted by Gasteiger charge is 2.53. The number of hydrogen-bond donors (Lipinski definition) is 9. The number of aliphatic hydroxyl groups is 6. The van der Waals surface area contributed by atoms with E-state index in [1.807, 2.05) is 6.92 Å². The number of nitrogens with one attached hydrogen (secondary N) is 3. The number of carbonyl (C=O) groups is 4. The van der Waals surface area contributed by atoms with Gasteiger partial charge in [-0.1, -0.05) is 50.7 Å². The second-order valence-electron chi connectivity index (χ2n) is 19.7. The number of pyridine rings is 1. The molecule has 7 rings (SSSR count). The summed E-state index contributed by atoms with van der Waals surface area (Å²) in [6, 6.07) is 0.387. The maximum Gasteiger partial charge on any atom is 0.252 e. The number of ether oxygens (including phenoxy) is 5. The Hall–Kier alpha value is -4.27. The Labute approximate surface area is 413 Å². The van der Waals surface area contributed by atoms with Gasteiger partial charge in [0.1, 0.15) is 54.5 Å². The first-order chi connectivity index (χ1) is 34.2. The van der Waals surface area contributed by atoms with Crippen LogP contribution in [0, 0.1) is 17.8 Å². The zero-order chi connectivity index (χ0) is 50.8. The van der Waals surface area contributed by atoms with Crippen molar-refractivity contribution in [2.75, 3.05) is 39.4 Å². The van der Waals surface area contributed by atoms with Crippen molar-refractivity contribution >= 4 is 23.6 Å². The number of aromatic nitrogens is 4. The molecule has 5 heterocycles. The van der Waals surface area contributed by atoms with Crippen molar-refractivity contribution in [3.8, 4) is 11.3 Å². The minimum Gasteiger partial charge on any atom is -0.396 e. The lowest BCUT2D eigenvalue weighted by Crippen LogP contribution is -2.67. The SMILES string of the molecule is CC[C@@H]1CC(C(=O)NCCNC(=O)c2cncc(-c3cn(CCCO)nn3)c2)C[C@@H](O[C@@H]2OC(CO)[C@H](O)C(O[C@@H](CC3CCCCC3)C(=O)N3CCC3)C2NC(C)=O)C1O[C@@H]1OC(C)[C@@H](O)C(O)C1O. The second kappa shape index (κ2) is 25.6. The molecular weight excluding hydrogens is 929 g/mol. The maximum atomic E-state index is 14.1. The van der Waals surface area contributed by atoms with Crippen molar-refractivity contribution in [2.24, 2.45) is 17.8 Å². The molecule has 5 aliphatic rings. The maximum absolute atomic E-state index is 14.1. The van der Waals surface area contributed by atoms with Crippen molar-refractivity contribution < 1.29 is 73.5 Å². The molecule has 2 aromatic heterocycles. The molecule has 0 spiro atoms. The summed E-state index contributed by atoms with van der Waals surface area (Å²) in [6.45, 7) is 5.76. The summed E-state index contributed by atoms with van der Waals surface area (Å²) in [5.41, 5.74) is 1.34. The van der Waals surface area contributed by atoms with Gasteiger partial charge in [-0.2, -0.15) is 0 Å². The van der Waals surface area contributed by atoms with Crippen molar-refractivity contribution in [2.45, 2.75) is 178 Å². The Balaban J connectivity index is 1.08. The molecule has 71 heavy (non-hydrogen) atoms.